The van der Waals surface area contributed by atoms with E-state index in [4.69, 9.17) is 9.47 Å². The molecular formula is C29H27N3O5S. The van der Waals surface area contributed by atoms with Crippen molar-refractivity contribution in [3.63, 3.8) is 0 Å². The summed E-state index contributed by atoms with van der Waals surface area (Å²) in [5.41, 5.74) is 6.34. The van der Waals surface area contributed by atoms with E-state index in [0.29, 0.717) is 11.4 Å². The Bertz CT molecular complexity index is 1630. The van der Waals surface area contributed by atoms with Crippen LogP contribution in [-0.2, 0) is 27.7 Å². The molecule has 4 aromatic rings. The number of carbonyl (C=O) groups excluding carboxylic acids is 1. The first-order valence-corrected chi connectivity index (χ1v) is 13.5. The van der Waals surface area contributed by atoms with Crippen molar-refractivity contribution in [2.24, 2.45) is 5.10 Å². The van der Waals surface area contributed by atoms with Gasteiger partial charge in [0, 0.05) is 11.6 Å². The summed E-state index contributed by atoms with van der Waals surface area (Å²) in [5, 5.41) is 6.47. The van der Waals surface area contributed by atoms with Gasteiger partial charge in [0.15, 0.2) is 11.5 Å². The average molecular weight is 530 g/mol. The van der Waals surface area contributed by atoms with Crippen LogP contribution in [0.4, 0.5) is 5.69 Å². The summed E-state index contributed by atoms with van der Waals surface area (Å²) in [6.07, 6.45) is 3.64. The smallest absolute Gasteiger partial charge is 0.264 e. The maximum atomic E-state index is 13.7. The number of nitrogens with zero attached hydrogens (tertiary/aromatic N) is 2. The molecule has 0 fully saturated rings. The Kier molecular flexibility index (Phi) is 7.02. The van der Waals surface area contributed by atoms with Gasteiger partial charge in [0.25, 0.3) is 15.9 Å². The molecule has 0 bridgehead atoms. The van der Waals surface area contributed by atoms with Crippen LogP contribution in [0.3, 0.4) is 0 Å². The number of nitrogens with one attached hydrogen (secondary N) is 1. The number of aryl methyl sites for hydroxylation is 2. The number of methoxy groups -OCH3 is 2. The number of hydrazone groups is 1. The highest BCUT2D eigenvalue weighted by Gasteiger charge is 2.28. The number of benzene rings is 4. The summed E-state index contributed by atoms with van der Waals surface area (Å²) in [6.45, 7) is -0.470. The zero-order valence-corrected chi connectivity index (χ0v) is 21.9. The second-order valence-corrected chi connectivity index (χ2v) is 10.7. The Morgan fingerprint density at radius 1 is 0.921 bits per heavy atom. The number of para-hydroxylation sites is 1. The molecule has 0 spiro atoms. The molecule has 1 N–H and O–H groups in total. The van der Waals surface area contributed by atoms with Crippen LogP contribution in [0, 0.1) is 0 Å². The summed E-state index contributed by atoms with van der Waals surface area (Å²) in [6, 6.07) is 23.0. The highest BCUT2D eigenvalue weighted by Crippen LogP contribution is 2.33. The van der Waals surface area contributed by atoms with Crippen molar-refractivity contribution in [3.05, 3.63) is 95.6 Å². The van der Waals surface area contributed by atoms with Crippen LogP contribution in [0.2, 0.25) is 0 Å². The van der Waals surface area contributed by atoms with E-state index in [-0.39, 0.29) is 10.6 Å². The Morgan fingerprint density at radius 3 is 2.39 bits per heavy atom. The molecule has 1 aliphatic rings. The van der Waals surface area contributed by atoms with Gasteiger partial charge in [-0.1, -0.05) is 48.5 Å². The average Bonchev–Trinajstić information content (AvgIpc) is 3.37. The molecule has 0 heterocycles. The van der Waals surface area contributed by atoms with E-state index in [1.165, 1.54) is 48.9 Å². The molecular weight excluding hydrogens is 502 g/mol. The van der Waals surface area contributed by atoms with Gasteiger partial charge in [-0.05, 0) is 59.0 Å². The SMILES string of the molecule is COc1ccc(S(=O)(=O)N(CC(=O)N/N=C\c2ccc3c4c(cccc24)CC3)c2ccccc2)cc1OC. The van der Waals surface area contributed by atoms with Crippen LogP contribution in [0.5, 0.6) is 11.5 Å². The van der Waals surface area contributed by atoms with Crippen molar-refractivity contribution < 1.29 is 22.7 Å². The van der Waals surface area contributed by atoms with E-state index in [0.717, 1.165) is 28.1 Å². The maximum absolute atomic E-state index is 13.7. The minimum absolute atomic E-state index is 0.0387. The highest BCUT2D eigenvalue weighted by molar-refractivity contribution is 7.92. The summed E-state index contributed by atoms with van der Waals surface area (Å²) >= 11 is 0. The van der Waals surface area contributed by atoms with Gasteiger partial charge < -0.3 is 9.47 Å². The van der Waals surface area contributed by atoms with E-state index >= 15 is 0 Å². The van der Waals surface area contributed by atoms with E-state index < -0.39 is 22.5 Å². The number of sulfonamides is 1. The molecule has 0 saturated carbocycles. The lowest BCUT2D eigenvalue weighted by Gasteiger charge is -2.24. The molecule has 4 aromatic carbocycles. The molecule has 9 heteroatoms. The largest absolute Gasteiger partial charge is 0.493 e. The first kappa shape index (κ1) is 25.3. The predicted molar refractivity (Wildman–Crippen MR) is 148 cm³/mol. The van der Waals surface area contributed by atoms with Crippen LogP contribution in [0.1, 0.15) is 16.7 Å². The van der Waals surface area contributed by atoms with Crippen LogP contribution in [-0.4, -0.2) is 41.3 Å². The number of anilines is 1. The van der Waals surface area contributed by atoms with Crippen molar-refractivity contribution in [1.29, 1.82) is 0 Å². The number of carbonyl (C=O) groups is 1. The summed E-state index contributed by atoms with van der Waals surface area (Å²) in [7, 11) is -1.23. The molecule has 0 aliphatic heterocycles. The van der Waals surface area contributed by atoms with Crippen LogP contribution < -0.4 is 19.2 Å². The molecule has 194 valence electrons. The highest BCUT2D eigenvalue weighted by atomic mass is 32.2. The summed E-state index contributed by atoms with van der Waals surface area (Å²) < 4.78 is 38.9. The normalized spacial score (nSPS) is 12.6. The number of hydrogen-bond donors (Lipinski definition) is 1. The van der Waals surface area contributed by atoms with Crippen molar-refractivity contribution in [1.82, 2.24) is 5.43 Å². The lowest BCUT2D eigenvalue weighted by Crippen LogP contribution is -2.39. The zero-order valence-electron chi connectivity index (χ0n) is 21.0. The van der Waals surface area contributed by atoms with Crippen LogP contribution in [0.25, 0.3) is 10.8 Å². The summed E-state index contributed by atoms with van der Waals surface area (Å²) in [4.78, 5) is 12.9. The second-order valence-electron chi connectivity index (χ2n) is 8.81. The van der Waals surface area contributed by atoms with Gasteiger partial charge in [-0.3, -0.25) is 9.10 Å². The fraction of sp³-hybridized carbons (Fsp3) is 0.172. The Morgan fingerprint density at radius 2 is 1.66 bits per heavy atom. The Hall–Kier alpha value is -4.37. The topological polar surface area (TPSA) is 97.3 Å². The first-order valence-electron chi connectivity index (χ1n) is 12.1. The monoisotopic (exact) mass is 529 g/mol. The number of ether oxygens (including phenoxy) is 2. The molecule has 0 unspecified atom stereocenters. The van der Waals surface area contributed by atoms with Crippen LogP contribution in [0.15, 0.2) is 88.9 Å². The van der Waals surface area contributed by atoms with Gasteiger partial charge in [0.2, 0.25) is 0 Å². The zero-order chi connectivity index (χ0) is 26.7. The van der Waals surface area contributed by atoms with Gasteiger partial charge in [-0.25, -0.2) is 13.8 Å². The third-order valence-electron chi connectivity index (χ3n) is 6.58. The number of rotatable bonds is 9. The fourth-order valence-electron chi connectivity index (χ4n) is 4.74. The second kappa shape index (κ2) is 10.5. The lowest BCUT2D eigenvalue weighted by molar-refractivity contribution is -0.119. The lowest BCUT2D eigenvalue weighted by atomic mass is 10.0. The van der Waals surface area contributed by atoms with E-state index in [1.54, 1.807) is 36.5 Å². The molecule has 0 saturated heterocycles. The van der Waals surface area contributed by atoms with Gasteiger partial charge in [0.05, 0.1) is 31.0 Å². The third kappa shape index (κ3) is 4.80. The first-order chi connectivity index (χ1) is 18.4. The molecule has 8 nitrogen and oxygen atoms in total. The van der Waals surface area contributed by atoms with E-state index in [2.05, 4.69) is 22.7 Å². The number of amides is 1. The molecule has 0 aromatic heterocycles. The molecule has 1 aliphatic carbocycles. The molecule has 5 rings (SSSR count). The summed E-state index contributed by atoms with van der Waals surface area (Å²) in [5.74, 6) is 0.0777. The van der Waals surface area contributed by atoms with Gasteiger partial charge in [-0.15, -0.1) is 0 Å². The van der Waals surface area contributed by atoms with Crippen LogP contribution >= 0.6 is 0 Å². The Balaban J connectivity index is 1.39. The van der Waals surface area contributed by atoms with Gasteiger partial charge in [-0.2, -0.15) is 5.10 Å². The van der Waals surface area contributed by atoms with E-state index in [1.807, 2.05) is 18.2 Å². The van der Waals surface area contributed by atoms with Crippen molar-refractivity contribution in [3.8, 4) is 11.5 Å². The van der Waals surface area contributed by atoms with Crippen molar-refractivity contribution in [2.45, 2.75) is 17.7 Å². The van der Waals surface area contributed by atoms with E-state index in [9.17, 15) is 13.2 Å². The Labute approximate surface area is 221 Å². The quantitative estimate of drug-likeness (QED) is 0.258. The minimum Gasteiger partial charge on any atom is -0.493 e. The van der Waals surface area contributed by atoms with Crippen molar-refractivity contribution >= 4 is 38.6 Å². The van der Waals surface area contributed by atoms with Gasteiger partial charge >= 0.3 is 0 Å². The predicted octanol–water partition coefficient (Wildman–Crippen LogP) is 4.30. The van der Waals surface area contributed by atoms with Gasteiger partial charge in [0.1, 0.15) is 6.54 Å². The fourth-order valence-corrected chi connectivity index (χ4v) is 6.17. The molecule has 1 amide bonds. The molecule has 0 radical (unpaired) electrons. The third-order valence-corrected chi connectivity index (χ3v) is 8.35. The minimum atomic E-state index is -4.13. The number of hydrogen-bond acceptors (Lipinski definition) is 6. The molecule has 0 atom stereocenters. The van der Waals surface area contributed by atoms with Crippen molar-refractivity contribution in [2.75, 3.05) is 25.1 Å². The standard InChI is InChI=1S/C29H27N3O5S/c1-36-26-16-15-24(17-27(26)37-2)38(34,35)32(23-8-4-3-5-9-23)19-28(33)31-30-18-22-14-13-21-12-11-20-7-6-10-25(22)29(20)21/h3-10,13-18H,11-12,19H2,1-2H3,(H,31,33)/b30-18-. The maximum Gasteiger partial charge on any atom is 0.264 e. The molecule has 38 heavy (non-hydrogen) atoms.